The third-order valence-electron chi connectivity index (χ3n) is 3.19. The largest absolute Gasteiger partial charge is 0.392 e. The van der Waals surface area contributed by atoms with Crippen LogP contribution in [-0.4, -0.2) is 42.4 Å². The summed E-state index contributed by atoms with van der Waals surface area (Å²) in [6, 6.07) is 10.2. The zero-order valence-electron chi connectivity index (χ0n) is 10.4. The fourth-order valence-corrected chi connectivity index (χ4v) is 2.27. The molecule has 2 unspecified atom stereocenters. The summed E-state index contributed by atoms with van der Waals surface area (Å²) in [7, 11) is 2.04. The molecule has 0 aliphatic carbocycles. The Morgan fingerprint density at radius 3 is 2.76 bits per heavy atom. The number of aliphatic hydroxyl groups excluding tert-OH is 1. The number of likely N-dealkylation sites (tertiary alicyclic amines) is 1. The van der Waals surface area contributed by atoms with Crippen LogP contribution in [0.1, 0.15) is 18.4 Å². The molecule has 1 aromatic rings. The SMILES string of the molecule is CN1CC(O)CCC(OCc2ccccc2)C1. The van der Waals surface area contributed by atoms with E-state index in [4.69, 9.17) is 4.74 Å². The Hall–Kier alpha value is -0.900. The molecule has 1 saturated heterocycles. The van der Waals surface area contributed by atoms with Gasteiger partial charge in [-0.15, -0.1) is 0 Å². The molecule has 1 aliphatic rings. The number of hydrogen-bond donors (Lipinski definition) is 1. The molecule has 0 bridgehead atoms. The molecule has 1 heterocycles. The summed E-state index contributed by atoms with van der Waals surface area (Å²) in [5.74, 6) is 0. The molecule has 1 aromatic carbocycles. The molecule has 3 nitrogen and oxygen atoms in total. The van der Waals surface area contributed by atoms with E-state index < -0.39 is 0 Å². The molecule has 0 saturated carbocycles. The van der Waals surface area contributed by atoms with Crippen LogP contribution in [0, 0.1) is 0 Å². The van der Waals surface area contributed by atoms with Crippen molar-refractivity contribution >= 4 is 0 Å². The molecule has 0 spiro atoms. The third kappa shape index (κ3) is 4.11. The van der Waals surface area contributed by atoms with Crippen LogP contribution in [0.15, 0.2) is 30.3 Å². The Bertz CT molecular complexity index is 328. The van der Waals surface area contributed by atoms with Gasteiger partial charge in [-0.3, -0.25) is 0 Å². The molecule has 1 aliphatic heterocycles. The first kappa shape index (κ1) is 12.6. The molecule has 0 radical (unpaired) electrons. The quantitative estimate of drug-likeness (QED) is 0.865. The number of hydrogen-bond acceptors (Lipinski definition) is 3. The number of likely N-dealkylation sites (N-methyl/N-ethyl adjacent to an activating group) is 1. The first-order valence-corrected chi connectivity index (χ1v) is 6.26. The zero-order chi connectivity index (χ0) is 12.1. The average Bonchev–Trinajstić information content (AvgIpc) is 2.49. The lowest BCUT2D eigenvalue weighted by atomic mass is 10.1. The van der Waals surface area contributed by atoms with Crippen molar-refractivity contribution in [1.29, 1.82) is 0 Å². The van der Waals surface area contributed by atoms with Gasteiger partial charge in [0.2, 0.25) is 0 Å². The number of benzene rings is 1. The highest BCUT2D eigenvalue weighted by molar-refractivity contribution is 5.13. The van der Waals surface area contributed by atoms with Gasteiger partial charge >= 0.3 is 0 Å². The number of nitrogens with zero attached hydrogens (tertiary/aromatic N) is 1. The van der Waals surface area contributed by atoms with Crippen molar-refractivity contribution in [2.75, 3.05) is 20.1 Å². The van der Waals surface area contributed by atoms with Crippen molar-refractivity contribution in [3.63, 3.8) is 0 Å². The number of ether oxygens (including phenoxy) is 1. The van der Waals surface area contributed by atoms with Gasteiger partial charge < -0.3 is 14.7 Å². The van der Waals surface area contributed by atoms with Crippen LogP contribution in [-0.2, 0) is 11.3 Å². The van der Waals surface area contributed by atoms with Gasteiger partial charge in [-0.1, -0.05) is 30.3 Å². The maximum atomic E-state index is 9.67. The fourth-order valence-electron chi connectivity index (χ4n) is 2.27. The monoisotopic (exact) mass is 235 g/mol. The van der Waals surface area contributed by atoms with Crippen molar-refractivity contribution in [3.8, 4) is 0 Å². The Kier molecular flexibility index (Phi) is 4.54. The molecular weight excluding hydrogens is 214 g/mol. The van der Waals surface area contributed by atoms with Crippen molar-refractivity contribution < 1.29 is 9.84 Å². The highest BCUT2D eigenvalue weighted by Crippen LogP contribution is 2.14. The molecule has 0 amide bonds. The van der Waals surface area contributed by atoms with Crippen molar-refractivity contribution in [3.05, 3.63) is 35.9 Å². The zero-order valence-corrected chi connectivity index (χ0v) is 10.4. The second kappa shape index (κ2) is 6.15. The van der Waals surface area contributed by atoms with Gasteiger partial charge in [-0.25, -0.2) is 0 Å². The summed E-state index contributed by atoms with van der Waals surface area (Å²) in [6.45, 7) is 2.32. The normalized spacial score (nSPS) is 26.7. The number of rotatable bonds is 3. The summed E-state index contributed by atoms with van der Waals surface area (Å²) >= 11 is 0. The van der Waals surface area contributed by atoms with Crippen molar-refractivity contribution in [2.24, 2.45) is 0 Å². The summed E-state index contributed by atoms with van der Waals surface area (Å²) < 4.78 is 5.91. The molecular formula is C14H21NO2. The van der Waals surface area contributed by atoms with E-state index in [-0.39, 0.29) is 12.2 Å². The number of aliphatic hydroxyl groups is 1. The van der Waals surface area contributed by atoms with E-state index in [0.29, 0.717) is 6.61 Å². The maximum Gasteiger partial charge on any atom is 0.0721 e. The summed E-state index contributed by atoms with van der Waals surface area (Å²) in [4.78, 5) is 2.15. The van der Waals surface area contributed by atoms with Crippen LogP contribution in [0.2, 0.25) is 0 Å². The first-order valence-electron chi connectivity index (χ1n) is 6.26. The van der Waals surface area contributed by atoms with Crippen molar-refractivity contribution in [2.45, 2.75) is 31.7 Å². The molecule has 2 rings (SSSR count). The van der Waals surface area contributed by atoms with Crippen LogP contribution < -0.4 is 0 Å². The van der Waals surface area contributed by atoms with Crippen molar-refractivity contribution in [1.82, 2.24) is 4.90 Å². The minimum atomic E-state index is -0.203. The van der Waals surface area contributed by atoms with Gasteiger partial charge in [0.05, 0.1) is 18.8 Å². The Morgan fingerprint density at radius 1 is 1.24 bits per heavy atom. The maximum absolute atomic E-state index is 9.67. The van der Waals surface area contributed by atoms with E-state index >= 15 is 0 Å². The lowest BCUT2D eigenvalue weighted by Gasteiger charge is -2.20. The second-order valence-electron chi connectivity index (χ2n) is 4.87. The average molecular weight is 235 g/mol. The minimum absolute atomic E-state index is 0.203. The molecule has 94 valence electrons. The molecule has 0 aromatic heterocycles. The second-order valence-corrected chi connectivity index (χ2v) is 4.87. The first-order chi connectivity index (χ1) is 8.24. The molecule has 17 heavy (non-hydrogen) atoms. The van der Waals surface area contributed by atoms with E-state index in [2.05, 4.69) is 17.0 Å². The van der Waals surface area contributed by atoms with Crippen LogP contribution in [0.4, 0.5) is 0 Å². The van der Waals surface area contributed by atoms with E-state index in [1.807, 2.05) is 25.2 Å². The van der Waals surface area contributed by atoms with Gasteiger partial charge in [0.15, 0.2) is 0 Å². The lowest BCUT2D eigenvalue weighted by Crippen LogP contribution is -2.31. The van der Waals surface area contributed by atoms with E-state index in [1.165, 1.54) is 5.56 Å². The molecule has 2 atom stereocenters. The predicted octanol–water partition coefficient (Wildman–Crippen LogP) is 1.66. The van der Waals surface area contributed by atoms with E-state index in [9.17, 15) is 5.11 Å². The van der Waals surface area contributed by atoms with Gasteiger partial charge in [0, 0.05) is 13.1 Å². The van der Waals surface area contributed by atoms with Gasteiger partial charge in [0.1, 0.15) is 0 Å². The standard InChI is InChI=1S/C14H21NO2/c1-15-9-13(16)7-8-14(10-15)17-11-12-5-3-2-4-6-12/h2-6,13-14,16H,7-11H2,1H3. The minimum Gasteiger partial charge on any atom is -0.392 e. The Morgan fingerprint density at radius 2 is 2.00 bits per heavy atom. The highest BCUT2D eigenvalue weighted by atomic mass is 16.5. The summed E-state index contributed by atoms with van der Waals surface area (Å²) in [5.41, 5.74) is 1.21. The number of β-amino-alcohol motifs (C(OH)–C–C–N with tert-alkyl or cyclic N) is 1. The fraction of sp³-hybridized carbons (Fsp3) is 0.571. The highest BCUT2D eigenvalue weighted by Gasteiger charge is 2.20. The Balaban J connectivity index is 1.82. The summed E-state index contributed by atoms with van der Waals surface area (Å²) in [5, 5.41) is 9.67. The van der Waals surface area contributed by atoms with Crippen LogP contribution in [0.5, 0.6) is 0 Å². The molecule has 3 heteroatoms. The van der Waals surface area contributed by atoms with E-state index in [1.54, 1.807) is 0 Å². The molecule has 1 fully saturated rings. The van der Waals surface area contributed by atoms with Crippen LogP contribution in [0.25, 0.3) is 0 Å². The smallest absolute Gasteiger partial charge is 0.0721 e. The third-order valence-corrected chi connectivity index (χ3v) is 3.19. The summed E-state index contributed by atoms with van der Waals surface area (Å²) in [6.07, 6.45) is 1.81. The topological polar surface area (TPSA) is 32.7 Å². The van der Waals surface area contributed by atoms with Gasteiger partial charge in [0.25, 0.3) is 0 Å². The lowest BCUT2D eigenvalue weighted by molar-refractivity contribution is 0.0220. The Labute approximate surface area is 103 Å². The van der Waals surface area contributed by atoms with Gasteiger partial charge in [-0.2, -0.15) is 0 Å². The van der Waals surface area contributed by atoms with Crippen LogP contribution in [0.3, 0.4) is 0 Å². The van der Waals surface area contributed by atoms with Crippen LogP contribution >= 0.6 is 0 Å². The van der Waals surface area contributed by atoms with Gasteiger partial charge in [-0.05, 0) is 25.5 Å². The predicted molar refractivity (Wildman–Crippen MR) is 67.8 cm³/mol. The van der Waals surface area contributed by atoms with E-state index in [0.717, 1.165) is 25.9 Å². The molecule has 1 N–H and O–H groups in total.